The third-order valence-corrected chi connectivity index (χ3v) is 4.47. The Morgan fingerprint density at radius 3 is 2.13 bits per heavy atom. The second-order valence-electron chi connectivity index (χ2n) is 3.29. The molecule has 0 aromatic carbocycles. The van der Waals surface area contributed by atoms with Gasteiger partial charge >= 0.3 is 6.92 Å². The van der Waals surface area contributed by atoms with Crippen molar-refractivity contribution >= 4 is 34.4 Å². The van der Waals surface area contributed by atoms with Crippen molar-refractivity contribution in [3.05, 3.63) is 29.1 Å². The van der Waals surface area contributed by atoms with Gasteiger partial charge in [0.25, 0.3) is 0 Å². The van der Waals surface area contributed by atoms with Crippen LogP contribution in [-0.2, 0) is 0 Å². The van der Waals surface area contributed by atoms with Crippen molar-refractivity contribution in [2.75, 3.05) is 0 Å². The normalized spacial score (nSPS) is 9.80. The van der Waals surface area contributed by atoms with Gasteiger partial charge < -0.3 is 5.02 Å². The van der Waals surface area contributed by atoms with Gasteiger partial charge in [0.1, 0.15) is 0 Å². The molecular weight excluding hydrogens is 223 g/mol. The topological polar surface area (TPSA) is 20.2 Å². The first-order chi connectivity index (χ1) is 6.66. The maximum absolute atomic E-state index is 9.40. The summed E-state index contributed by atoms with van der Waals surface area (Å²) in [5.41, 5.74) is 0. The lowest BCUT2D eigenvalue weighted by Gasteiger charge is -1.92. The predicted molar refractivity (Wildman–Crippen MR) is 72.6 cm³/mol. The molecule has 0 saturated carbocycles. The van der Waals surface area contributed by atoms with Crippen molar-refractivity contribution in [2.45, 2.75) is 21.2 Å². The average molecular weight is 238 g/mol. The molecule has 2 aromatic heterocycles. The molecule has 80 valence electrons. The first-order valence-corrected chi connectivity index (χ1v) is 6.15. The molecule has 0 unspecified atom stereocenters. The maximum Gasteiger partial charge on any atom is 0.330 e. The number of hydrogen-bond acceptors (Lipinski definition) is 3. The molecular formula is C11H15BOS2. The Morgan fingerprint density at radius 1 is 1.07 bits per heavy atom. The fourth-order valence-corrected chi connectivity index (χ4v) is 3.18. The standard InChI is InChI=1S/C10H11BOS2.CH4/c1-7-3-4-8(13-7)9-5-6-10(14-9)11(2)12;/h3-6,12H,1-2H3;1H4. The van der Waals surface area contributed by atoms with E-state index < -0.39 is 0 Å². The van der Waals surface area contributed by atoms with Crippen LogP contribution in [0.15, 0.2) is 24.3 Å². The molecule has 0 saturated heterocycles. The average Bonchev–Trinajstić information content (AvgIpc) is 2.70. The predicted octanol–water partition coefficient (Wildman–Crippen LogP) is 3.24. The first kappa shape index (κ1) is 12.5. The monoisotopic (exact) mass is 238 g/mol. The molecule has 0 aliphatic heterocycles. The summed E-state index contributed by atoms with van der Waals surface area (Å²) >= 11 is 3.46. The second-order valence-corrected chi connectivity index (χ2v) is 5.69. The third kappa shape index (κ3) is 2.71. The van der Waals surface area contributed by atoms with Crippen LogP contribution in [0.1, 0.15) is 12.3 Å². The van der Waals surface area contributed by atoms with Crippen LogP contribution in [0.3, 0.4) is 0 Å². The molecule has 0 fully saturated rings. The number of rotatable bonds is 2. The van der Waals surface area contributed by atoms with Gasteiger partial charge in [-0.2, -0.15) is 0 Å². The molecule has 0 aliphatic carbocycles. The van der Waals surface area contributed by atoms with Gasteiger partial charge in [0.15, 0.2) is 0 Å². The number of aryl methyl sites for hydroxylation is 1. The Hall–Kier alpha value is -0.575. The molecule has 2 heterocycles. The van der Waals surface area contributed by atoms with E-state index in [-0.39, 0.29) is 14.3 Å². The summed E-state index contributed by atoms with van der Waals surface area (Å²) in [5, 5.41) is 9.40. The van der Waals surface area contributed by atoms with Crippen LogP contribution in [0.5, 0.6) is 0 Å². The van der Waals surface area contributed by atoms with Crippen molar-refractivity contribution in [1.29, 1.82) is 0 Å². The van der Waals surface area contributed by atoms with E-state index in [0.29, 0.717) is 0 Å². The highest BCUT2D eigenvalue weighted by Gasteiger charge is 2.11. The number of thiophene rings is 2. The molecule has 15 heavy (non-hydrogen) atoms. The summed E-state index contributed by atoms with van der Waals surface area (Å²) in [5.74, 6) is 0. The van der Waals surface area contributed by atoms with E-state index in [4.69, 9.17) is 0 Å². The Balaban J connectivity index is 0.00000112. The van der Waals surface area contributed by atoms with Crippen LogP contribution < -0.4 is 4.78 Å². The summed E-state index contributed by atoms with van der Waals surface area (Å²) in [4.78, 5) is 3.87. The SMILES string of the molecule is C.CB(O)c1ccc(-c2ccc(C)s2)s1. The van der Waals surface area contributed by atoms with Crippen molar-refractivity contribution in [2.24, 2.45) is 0 Å². The van der Waals surface area contributed by atoms with E-state index in [1.54, 1.807) is 29.5 Å². The minimum atomic E-state index is -0.352. The van der Waals surface area contributed by atoms with E-state index in [9.17, 15) is 5.02 Å². The summed E-state index contributed by atoms with van der Waals surface area (Å²) in [7, 11) is 0. The summed E-state index contributed by atoms with van der Waals surface area (Å²) < 4.78 is 1.03. The zero-order valence-corrected chi connectivity index (χ0v) is 9.78. The summed E-state index contributed by atoms with van der Waals surface area (Å²) in [6, 6.07) is 8.34. The molecule has 1 nitrogen and oxygen atoms in total. The van der Waals surface area contributed by atoms with Gasteiger partial charge in [-0.25, -0.2) is 0 Å². The minimum Gasteiger partial charge on any atom is -0.446 e. The van der Waals surface area contributed by atoms with Gasteiger partial charge in [-0.15, -0.1) is 22.7 Å². The van der Waals surface area contributed by atoms with Gasteiger partial charge in [0.2, 0.25) is 0 Å². The lowest BCUT2D eigenvalue weighted by molar-refractivity contribution is 0.595. The molecule has 2 rings (SSSR count). The van der Waals surface area contributed by atoms with Crippen LogP contribution in [0, 0.1) is 6.92 Å². The van der Waals surface area contributed by atoms with E-state index in [1.807, 2.05) is 6.07 Å². The minimum absolute atomic E-state index is 0. The summed E-state index contributed by atoms with van der Waals surface area (Å²) in [6.45, 7) is 3.56. The Kier molecular flexibility index (Phi) is 4.14. The van der Waals surface area contributed by atoms with Crippen LogP contribution in [0.25, 0.3) is 9.75 Å². The van der Waals surface area contributed by atoms with Crippen LogP contribution >= 0.6 is 22.7 Å². The first-order valence-electron chi connectivity index (χ1n) is 4.51. The van der Waals surface area contributed by atoms with Gasteiger partial charge in [0, 0.05) is 19.4 Å². The maximum atomic E-state index is 9.40. The molecule has 0 radical (unpaired) electrons. The molecule has 0 amide bonds. The zero-order chi connectivity index (χ0) is 10.1. The van der Waals surface area contributed by atoms with Gasteiger partial charge in [0.05, 0.1) is 0 Å². The van der Waals surface area contributed by atoms with Gasteiger partial charge in [-0.1, -0.05) is 20.3 Å². The zero-order valence-electron chi connectivity index (χ0n) is 8.15. The largest absolute Gasteiger partial charge is 0.446 e. The smallest absolute Gasteiger partial charge is 0.330 e. The van der Waals surface area contributed by atoms with Crippen molar-refractivity contribution in [1.82, 2.24) is 0 Å². The second kappa shape index (κ2) is 4.97. The van der Waals surface area contributed by atoms with Crippen molar-refractivity contribution in [3.63, 3.8) is 0 Å². The lowest BCUT2D eigenvalue weighted by atomic mass is 9.71. The lowest BCUT2D eigenvalue weighted by Crippen LogP contribution is -2.21. The molecule has 0 bridgehead atoms. The fourth-order valence-electron chi connectivity index (χ4n) is 1.28. The van der Waals surface area contributed by atoms with Crippen molar-refractivity contribution < 1.29 is 5.02 Å². The number of hydrogen-bond donors (Lipinski definition) is 1. The molecule has 0 spiro atoms. The van der Waals surface area contributed by atoms with Crippen molar-refractivity contribution in [3.8, 4) is 9.75 Å². The Morgan fingerprint density at radius 2 is 1.67 bits per heavy atom. The highest BCUT2D eigenvalue weighted by molar-refractivity contribution is 7.28. The van der Waals surface area contributed by atoms with E-state index in [0.717, 1.165) is 4.78 Å². The molecule has 0 atom stereocenters. The quantitative estimate of drug-likeness (QED) is 0.796. The molecule has 0 aliphatic rings. The van der Waals surface area contributed by atoms with Crippen LogP contribution in [0.2, 0.25) is 6.82 Å². The Bertz CT molecular complexity index is 431. The molecule has 2 aromatic rings. The fraction of sp³-hybridized carbons (Fsp3) is 0.273. The third-order valence-electron chi connectivity index (χ3n) is 2.02. The molecule has 1 N–H and O–H groups in total. The van der Waals surface area contributed by atoms with Gasteiger partial charge in [-0.05, 0) is 25.1 Å². The Labute approximate surface area is 99.5 Å². The summed E-state index contributed by atoms with van der Waals surface area (Å²) in [6.07, 6.45) is 0. The highest BCUT2D eigenvalue weighted by Crippen LogP contribution is 2.30. The highest BCUT2D eigenvalue weighted by atomic mass is 32.1. The van der Waals surface area contributed by atoms with Crippen LogP contribution in [0.4, 0.5) is 0 Å². The van der Waals surface area contributed by atoms with Gasteiger partial charge in [-0.3, -0.25) is 0 Å². The van der Waals surface area contributed by atoms with Crippen LogP contribution in [-0.4, -0.2) is 11.9 Å². The van der Waals surface area contributed by atoms with E-state index in [2.05, 4.69) is 25.1 Å². The molecule has 4 heteroatoms. The van der Waals surface area contributed by atoms with E-state index in [1.165, 1.54) is 14.6 Å². The van der Waals surface area contributed by atoms with E-state index >= 15 is 0 Å².